The highest BCUT2D eigenvalue weighted by atomic mass is 19.1. The van der Waals surface area contributed by atoms with Crippen molar-refractivity contribution in [2.45, 2.75) is 19.4 Å². The first-order valence-corrected chi connectivity index (χ1v) is 10.8. The first-order valence-electron chi connectivity index (χ1n) is 10.8. The van der Waals surface area contributed by atoms with Crippen LogP contribution in [-0.4, -0.2) is 60.4 Å². The molecule has 1 saturated heterocycles. The molecule has 1 aliphatic rings. The molecule has 2 aromatic carbocycles. The van der Waals surface area contributed by atoms with E-state index >= 15 is 0 Å². The van der Waals surface area contributed by atoms with Crippen LogP contribution in [-0.2, 0) is 9.59 Å². The number of hydrogen-bond donors (Lipinski definition) is 1. The zero-order valence-electron chi connectivity index (χ0n) is 19.2. The third-order valence-electron chi connectivity index (χ3n) is 5.55. The van der Waals surface area contributed by atoms with E-state index in [1.54, 1.807) is 31.2 Å². The van der Waals surface area contributed by atoms with Crippen molar-refractivity contribution in [3.8, 4) is 5.75 Å². The van der Waals surface area contributed by atoms with Gasteiger partial charge in [-0.05, 0) is 75.4 Å². The standard InChI is InChI=1S/C26H29FN2O4/c1-5-15-33-20-11-12-21(17(2)16-20)24(30)22-23(18-7-9-19(27)10-8-18)29(26(32)25(22)31)14-6-13-28(3)4/h5,7-12,16,23,30H,1,6,13-15H2,2-4H3/b24-22-. The van der Waals surface area contributed by atoms with E-state index in [2.05, 4.69) is 6.58 Å². The molecule has 0 saturated carbocycles. The first kappa shape index (κ1) is 24.2. The number of carbonyl (C=O) groups excluding carboxylic acids is 2. The summed E-state index contributed by atoms with van der Waals surface area (Å²) in [5, 5.41) is 11.2. The number of halogens is 1. The minimum atomic E-state index is -0.802. The molecular formula is C26H29FN2O4. The SMILES string of the molecule is C=CCOc1ccc(/C(O)=C2/C(=O)C(=O)N(CCCN(C)C)C2c2ccc(F)cc2)c(C)c1. The quantitative estimate of drug-likeness (QED) is 0.269. The highest BCUT2D eigenvalue weighted by molar-refractivity contribution is 6.46. The lowest BCUT2D eigenvalue weighted by molar-refractivity contribution is -0.139. The molecule has 0 bridgehead atoms. The Hall–Kier alpha value is -3.45. The van der Waals surface area contributed by atoms with Gasteiger partial charge in [-0.25, -0.2) is 4.39 Å². The van der Waals surface area contributed by atoms with Gasteiger partial charge in [0.1, 0.15) is 23.9 Å². The molecule has 1 aliphatic heterocycles. The van der Waals surface area contributed by atoms with Gasteiger partial charge < -0.3 is 19.6 Å². The number of aliphatic hydroxyl groups excluding tert-OH is 1. The van der Waals surface area contributed by atoms with E-state index < -0.39 is 23.5 Å². The molecule has 1 atom stereocenters. The summed E-state index contributed by atoms with van der Waals surface area (Å²) in [5.41, 5.74) is 1.68. The second kappa shape index (κ2) is 10.4. The van der Waals surface area contributed by atoms with Crippen molar-refractivity contribution in [1.29, 1.82) is 0 Å². The largest absolute Gasteiger partial charge is 0.507 e. The summed E-state index contributed by atoms with van der Waals surface area (Å²) in [6.45, 7) is 6.80. The van der Waals surface area contributed by atoms with Crippen molar-refractivity contribution >= 4 is 17.4 Å². The van der Waals surface area contributed by atoms with Gasteiger partial charge in [-0.1, -0.05) is 24.8 Å². The summed E-state index contributed by atoms with van der Waals surface area (Å²) < 4.78 is 19.1. The third kappa shape index (κ3) is 5.31. The van der Waals surface area contributed by atoms with E-state index in [9.17, 15) is 19.1 Å². The second-order valence-electron chi connectivity index (χ2n) is 8.28. The molecule has 1 heterocycles. The Balaban J connectivity index is 2.07. The van der Waals surface area contributed by atoms with Crippen LogP contribution in [0.1, 0.15) is 29.2 Å². The topological polar surface area (TPSA) is 70.1 Å². The fourth-order valence-electron chi connectivity index (χ4n) is 3.95. The van der Waals surface area contributed by atoms with Crippen molar-refractivity contribution < 1.29 is 23.8 Å². The number of ketones is 1. The number of nitrogens with zero attached hydrogens (tertiary/aromatic N) is 2. The van der Waals surface area contributed by atoms with E-state index in [0.717, 1.165) is 6.54 Å². The van der Waals surface area contributed by atoms with E-state index in [-0.39, 0.29) is 11.3 Å². The smallest absolute Gasteiger partial charge is 0.295 e. The first-order chi connectivity index (χ1) is 15.7. The van der Waals surface area contributed by atoms with Crippen molar-refractivity contribution in [1.82, 2.24) is 9.80 Å². The Morgan fingerprint density at radius 1 is 1.21 bits per heavy atom. The number of ether oxygens (including phenoxy) is 1. The van der Waals surface area contributed by atoms with Gasteiger partial charge in [0, 0.05) is 12.1 Å². The lowest BCUT2D eigenvalue weighted by Crippen LogP contribution is -2.32. The average Bonchev–Trinajstić information content (AvgIpc) is 3.02. The number of aliphatic hydroxyl groups is 1. The third-order valence-corrected chi connectivity index (χ3v) is 5.55. The van der Waals surface area contributed by atoms with E-state index in [4.69, 9.17) is 4.74 Å². The van der Waals surface area contributed by atoms with Gasteiger partial charge in [0.2, 0.25) is 0 Å². The Labute approximate surface area is 193 Å². The maximum Gasteiger partial charge on any atom is 0.295 e. The highest BCUT2D eigenvalue weighted by Crippen LogP contribution is 2.40. The van der Waals surface area contributed by atoms with Crippen LogP contribution in [0, 0.1) is 12.7 Å². The number of carbonyl (C=O) groups is 2. The van der Waals surface area contributed by atoms with Gasteiger partial charge in [-0.2, -0.15) is 0 Å². The van der Waals surface area contributed by atoms with Gasteiger partial charge in [0.25, 0.3) is 11.7 Å². The molecule has 0 aromatic heterocycles. The lowest BCUT2D eigenvalue weighted by atomic mass is 9.94. The van der Waals surface area contributed by atoms with Gasteiger partial charge >= 0.3 is 0 Å². The molecule has 174 valence electrons. The lowest BCUT2D eigenvalue weighted by Gasteiger charge is -2.26. The number of amides is 1. The predicted molar refractivity (Wildman–Crippen MR) is 125 cm³/mol. The van der Waals surface area contributed by atoms with Crippen LogP contribution in [0.25, 0.3) is 5.76 Å². The molecule has 1 fully saturated rings. The number of likely N-dealkylation sites (tertiary alicyclic amines) is 1. The zero-order valence-corrected chi connectivity index (χ0v) is 19.2. The monoisotopic (exact) mass is 452 g/mol. The molecule has 6 nitrogen and oxygen atoms in total. The average molecular weight is 453 g/mol. The number of Topliss-reactive ketones (excluding diaryl/α,β-unsaturated/α-hetero) is 1. The van der Waals surface area contributed by atoms with Crippen LogP contribution in [0.2, 0.25) is 0 Å². The molecule has 1 N–H and O–H groups in total. The Morgan fingerprint density at radius 3 is 2.52 bits per heavy atom. The van der Waals surface area contributed by atoms with Crippen LogP contribution in [0.5, 0.6) is 5.75 Å². The summed E-state index contributed by atoms with van der Waals surface area (Å²) in [6.07, 6.45) is 2.27. The van der Waals surface area contributed by atoms with Crippen LogP contribution < -0.4 is 4.74 Å². The van der Waals surface area contributed by atoms with Gasteiger partial charge in [-0.15, -0.1) is 0 Å². The predicted octanol–water partition coefficient (Wildman–Crippen LogP) is 4.07. The van der Waals surface area contributed by atoms with Gasteiger partial charge in [-0.3, -0.25) is 9.59 Å². The summed E-state index contributed by atoms with van der Waals surface area (Å²) in [6, 6.07) is 9.94. The Kier molecular flexibility index (Phi) is 7.66. The fourth-order valence-corrected chi connectivity index (χ4v) is 3.95. The minimum absolute atomic E-state index is 0.000629. The van der Waals surface area contributed by atoms with Gasteiger partial charge in [0.05, 0.1) is 11.6 Å². The molecular weight excluding hydrogens is 423 g/mol. The van der Waals surface area contributed by atoms with Crippen molar-refractivity contribution in [2.75, 3.05) is 33.8 Å². The van der Waals surface area contributed by atoms with Gasteiger partial charge in [0.15, 0.2) is 0 Å². The van der Waals surface area contributed by atoms with Crippen LogP contribution in [0.15, 0.2) is 60.7 Å². The molecule has 1 unspecified atom stereocenters. The minimum Gasteiger partial charge on any atom is -0.507 e. The maximum absolute atomic E-state index is 13.6. The fraction of sp³-hybridized carbons (Fsp3) is 0.308. The summed E-state index contributed by atoms with van der Waals surface area (Å²) in [5.74, 6) is -1.51. The molecule has 0 radical (unpaired) electrons. The van der Waals surface area contributed by atoms with Crippen LogP contribution >= 0.6 is 0 Å². The molecule has 3 rings (SSSR count). The Bertz CT molecular complexity index is 1080. The second-order valence-corrected chi connectivity index (χ2v) is 8.28. The van der Waals surface area contributed by atoms with E-state index in [1.807, 2.05) is 19.0 Å². The number of aryl methyl sites for hydroxylation is 1. The molecule has 2 aromatic rings. The molecule has 0 aliphatic carbocycles. The number of benzene rings is 2. The number of hydrogen-bond acceptors (Lipinski definition) is 5. The van der Waals surface area contributed by atoms with Crippen molar-refractivity contribution in [3.05, 3.63) is 83.2 Å². The van der Waals surface area contributed by atoms with Crippen LogP contribution in [0.4, 0.5) is 4.39 Å². The molecule has 33 heavy (non-hydrogen) atoms. The number of rotatable bonds is 9. The molecule has 1 amide bonds. The Morgan fingerprint density at radius 2 is 1.91 bits per heavy atom. The highest BCUT2D eigenvalue weighted by Gasteiger charge is 2.45. The summed E-state index contributed by atoms with van der Waals surface area (Å²) >= 11 is 0. The molecule has 0 spiro atoms. The summed E-state index contributed by atoms with van der Waals surface area (Å²) in [7, 11) is 3.85. The van der Waals surface area contributed by atoms with E-state index in [0.29, 0.717) is 42.0 Å². The molecule has 7 heteroatoms. The zero-order chi connectivity index (χ0) is 24.1. The maximum atomic E-state index is 13.6. The van der Waals surface area contributed by atoms with E-state index in [1.165, 1.54) is 29.2 Å². The van der Waals surface area contributed by atoms with Crippen LogP contribution in [0.3, 0.4) is 0 Å². The summed E-state index contributed by atoms with van der Waals surface area (Å²) in [4.78, 5) is 29.5. The van der Waals surface area contributed by atoms with Crippen molar-refractivity contribution in [2.24, 2.45) is 0 Å². The normalized spacial score (nSPS) is 17.6. The van der Waals surface area contributed by atoms with Crippen molar-refractivity contribution in [3.63, 3.8) is 0 Å².